The van der Waals surface area contributed by atoms with Crippen LogP contribution in [-0.2, 0) is 16.1 Å². The molecular formula is C9H13N5O4. The van der Waals surface area contributed by atoms with Gasteiger partial charge in [0.05, 0.1) is 12.6 Å². The van der Waals surface area contributed by atoms with Gasteiger partial charge in [-0.1, -0.05) is 0 Å². The number of primary amides is 1. The van der Waals surface area contributed by atoms with Crippen molar-refractivity contribution >= 4 is 17.9 Å². The third-order valence-electron chi connectivity index (χ3n) is 2.02. The van der Waals surface area contributed by atoms with Gasteiger partial charge in [-0.25, -0.2) is 9.59 Å². The van der Waals surface area contributed by atoms with Crippen molar-refractivity contribution < 1.29 is 19.5 Å². The van der Waals surface area contributed by atoms with Gasteiger partial charge in [0, 0.05) is 18.3 Å². The van der Waals surface area contributed by atoms with E-state index >= 15 is 0 Å². The van der Waals surface area contributed by atoms with E-state index in [2.05, 4.69) is 20.8 Å². The fourth-order valence-electron chi connectivity index (χ4n) is 1.17. The van der Waals surface area contributed by atoms with Crippen molar-refractivity contribution in [2.24, 2.45) is 5.73 Å². The topological polar surface area (TPSA) is 150 Å². The monoisotopic (exact) mass is 255 g/mol. The number of aliphatic carboxylic acids is 1. The molecule has 9 heteroatoms. The van der Waals surface area contributed by atoms with E-state index in [-0.39, 0.29) is 6.54 Å². The number of nitrogens with one attached hydrogen (secondary N) is 3. The second-order valence-electron chi connectivity index (χ2n) is 3.49. The summed E-state index contributed by atoms with van der Waals surface area (Å²) in [5.74, 6) is -2.13. The number of hydrogen-bond acceptors (Lipinski definition) is 4. The summed E-state index contributed by atoms with van der Waals surface area (Å²) in [5.41, 5.74) is 5.60. The van der Waals surface area contributed by atoms with Gasteiger partial charge in [0.1, 0.15) is 6.04 Å². The number of H-pyrrole nitrogens is 1. The maximum absolute atomic E-state index is 11.4. The highest BCUT2D eigenvalue weighted by molar-refractivity contribution is 5.87. The number of carbonyl (C=O) groups excluding carboxylic acids is 2. The Kier molecular flexibility index (Phi) is 4.67. The van der Waals surface area contributed by atoms with Crippen LogP contribution in [0, 0.1) is 0 Å². The number of urea groups is 1. The molecular weight excluding hydrogens is 242 g/mol. The zero-order valence-corrected chi connectivity index (χ0v) is 9.34. The minimum absolute atomic E-state index is 0.186. The van der Waals surface area contributed by atoms with Crippen LogP contribution in [0.5, 0.6) is 0 Å². The lowest BCUT2D eigenvalue weighted by Crippen LogP contribution is -2.47. The number of hydrogen-bond donors (Lipinski definition) is 5. The van der Waals surface area contributed by atoms with Crippen molar-refractivity contribution in [3.63, 3.8) is 0 Å². The Hall–Kier alpha value is -2.58. The third kappa shape index (κ3) is 4.51. The lowest BCUT2D eigenvalue weighted by atomic mass is 10.2. The Morgan fingerprint density at radius 2 is 2.22 bits per heavy atom. The average molecular weight is 255 g/mol. The molecule has 0 aliphatic carbocycles. The number of rotatable bonds is 6. The number of carboxylic acid groups (broad SMARTS) is 1. The van der Waals surface area contributed by atoms with Gasteiger partial charge in [-0.2, -0.15) is 5.10 Å². The van der Waals surface area contributed by atoms with Crippen LogP contribution in [0.3, 0.4) is 0 Å². The maximum Gasteiger partial charge on any atom is 0.326 e. The second kappa shape index (κ2) is 6.23. The van der Waals surface area contributed by atoms with Gasteiger partial charge in [0.25, 0.3) is 0 Å². The first kappa shape index (κ1) is 13.5. The maximum atomic E-state index is 11.4. The summed E-state index contributed by atoms with van der Waals surface area (Å²) in [5, 5.41) is 19.5. The number of carbonyl (C=O) groups is 3. The summed E-state index contributed by atoms with van der Waals surface area (Å²) in [6.45, 7) is 0.186. The second-order valence-corrected chi connectivity index (χ2v) is 3.49. The quantitative estimate of drug-likeness (QED) is 0.420. The van der Waals surface area contributed by atoms with E-state index in [1.54, 1.807) is 6.20 Å². The summed E-state index contributed by atoms with van der Waals surface area (Å²) in [7, 11) is 0. The van der Waals surface area contributed by atoms with Gasteiger partial charge < -0.3 is 21.5 Å². The first-order valence-electron chi connectivity index (χ1n) is 5.02. The van der Waals surface area contributed by atoms with Gasteiger partial charge >= 0.3 is 12.0 Å². The number of amides is 3. The van der Waals surface area contributed by atoms with Gasteiger partial charge in [0.2, 0.25) is 5.91 Å². The van der Waals surface area contributed by atoms with E-state index < -0.39 is 30.4 Å². The lowest BCUT2D eigenvalue weighted by Gasteiger charge is -2.13. The van der Waals surface area contributed by atoms with Crippen LogP contribution in [0.25, 0.3) is 0 Å². The molecule has 0 unspecified atom stereocenters. The summed E-state index contributed by atoms with van der Waals surface area (Å²) < 4.78 is 0. The van der Waals surface area contributed by atoms with E-state index in [4.69, 9.17) is 10.8 Å². The molecule has 0 aromatic carbocycles. The highest BCUT2D eigenvalue weighted by atomic mass is 16.4. The van der Waals surface area contributed by atoms with Crippen LogP contribution in [-0.4, -0.2) is 39.3 Å². The third-order valence-corrected chi connectivity index (χ3v) is 2.02. The van der Waals surface area contributed by atoms with E-state index in [9.17, 15) is 14.4 Å². The Bertz CT molecular complexity index is 430. The zero-order valence-electron chi connectivity index (χ0n) is 9.34. The standard InChI is InChI=1S/C9H13N5O4/c10-7(15)1-6(8(16)17)14-9(18)11-2-5-3-12-13-4-5/h3-4,6H,1-2H2,(H2,10,15)(H,12,13)(H,16,17)(H2,11,14,18)/t6-/m1/s1. The molecule has 1 aromatic rings. The van der Waals surface area contributed by atoms with E-state index in [1.165, 1.54) is 6.20 Å². The van der Waals surface area contributed by atoms with Crippen LogP contribution in [0.1, 0.15) is 12.0 Å². The van der Waals surface area contributed by atoms with Gasteiger partial charge in [-0.15, -0.1) is 0 Å². The lowest BCUT2D eigenvalue weighted by molar-refractivity contribution is -0.140. The van der Waals surface area contributed by atoms with Gasteiger partial charge in [-0.3, -0.25) is 9.89 Å². The highest BCUT2D eigenvalue weighted by Gasteiger charge is 2.21. The van der Waals surface area contributed by atoms with E-state index in [1.807, 2.05) is 0 Å². The predicted octanol–water partition coefficient (Wildman–Crippen LogP) is -1.46. The molecule has 0 saturated carbocycles. The Morgan fingerprint density at radius 3 is 2.72 bits per heavy atom. The Morgan fingerprint density at radius 1 is 1.50 bits per heavy atom. The van der Waals surface area contributed by atoms with Crippen molar-refractivity contribution in [1.29, 1.82) is 0 Å². The number of aromatic amines is 1. The van der Waals surface area contributed by atoms with E-state index in [0.717, 1.165) is 5.56 Å². The molecule has 9 nitrogen and oxygen atoms in total. The molecule has 0 saturated heterocycles. The molecule has 0 aliphatic rings. The SMILES string of the molecule is NC(=O)C[C@@H](NC(=O)NCc1cn[nH]c1)C(=O)O. The minimum atomic E-state index is -1.34. The van der Waals surface area contributed by atoms with E-state index in [0.29, 0.717) is 0 Å². The Balaban J connectivity index is 2.41. The summed E-state index contributed by atoms with van der Waals surface area (Å²) >= 11 is 0. The smallest absolute Gasteiger partial charge is 0.326 e. The van der Waals surface area contributed by atoms with Crippen molar-refractivity contribution in [3.8, 4) is 0 Å². The van der Waals surface area contributed by atoms with Crippen molar-refractivity contribution in [1.82, 2.24) is 20.8 Å². The summed E-state index contributed by atoms with van der Waals surface area (Å²) in [6, 6.07) is -2.04. The van der Waals surface area contributed by atoms with Crippen LogP contribution >= 0.6 is 0 Å². The molecule has 0 bridgehead atoms. The van der Waals surface area contributed by atoms with Crippen molar-refractivity contribution in [2.75, 3.05) is 0 Å². The fraction of sp³-hybridized carbons (Fsp3) is 0.333. The van der Waals surface area contributed by atoms with Gasteiger partial charge in [0.15, 0.2) is 0 Å². The molecule has 0 aliphatic heterocycles. The molecule has 98 valence electrons. The number of nitrogens with zero attached hydrogens (tertiary/aromatic N) is 1. The van der Waals surface area contributed by atoms with Crippen molar-refractivity contribution in [2.45, 2.75) is 19.0 Å². The fourth-order valence-corrected chi connectivity index (χ4v) is 1.17. The molecule has 3 amide bonds. The number of aromatic nitrogens is 2. The number of nitrogens with two attached hydrogens (primary N) is 1. The molecule has 1 rings (SSSR count). The normalized spacial score (nSPS) is 11.6. The molecule has 0 radical (unpaired) electrons. The molecule has 18 heavy (non-hydrogen) atoms. The Labute approximate surface area is 102 Å². The van der Waals surface area contributed by atoms with Crippen LogP contribution in [0.2, 0.25) is 0 Å². The first-order chi connectivity index (χ1) is 8.49. The predicted molar refractivity (Wildman–Crippen MR) is 59.2 cm³/mol. The van der Waals surface area contributed by atoms with Crippen LogP contribution in [0.15, 0.2) is 12.4 Å². The minimum Gasteiger partial charge on any atom is -0.480 e. The largest absolute Gasteiger partial charge is 0.480 e. The molecule has 0 fully saturated rings. The van der Waals surface area contributed by atoms with Crippen LogP contribution < -0.4 is 16.4 Å². The number of carboxylic acids is 1. The molecule has 1 heterocycles. The molecule has 6 N–H and O–H groups in total. The molecule has 0 spiro atoms. The average Bonchev–Trinajstić information content (AvgIpc) is 2.77. The zero-order chi connectivity index (χ0) is 13.5. The molecule has 1 aromatic heterocycles. The van der Waals surface area contributed by atoms with Crippen molar-refractivity contribution in [3.05, 3.63) is 18.0 Å². The highest BCUT2D eigenvalue weighted by Crippen LogP contribution is 1.94. The summed E-state index contributed by atoms with van der Waals surface area (Å²) in [4.78, 5) is 32.7. The summed E-state index contributed by atoms with van der Waals surface area (Å²) in [6.07, 6.45) is 2.63. The van der Waals surface area contributed by atoms with Crippen LogP contribution in [0.4, 0.5) is 4.79 Å². The first-order valence-corrected chi connectivity index (χ1v) is 5.02. The van der Waals surface area contributed by atoms with Gasteiger partial charge in [-0.05, 0) is 0 Å². The molecule has 1 atom stereocenters.